The highest BCUT2D eigenvalue weighted by Gasteiger charge is 2.13. The van der Waals surface area contributed by atoms with Crippen LogP contribution in [0.1, 0.15) is 5.82 Å². The lowest BCUT2D eigenvalue weighted by atomic mass is 10.4. The Balaban J connectivity index is 2.36. The van der Waals surface area contributed by atoms with Gasteiger partial charge in [-0.3, -0.25) is 4.79 Å². The predicted octanol–water partition coefficient (Wildman–Crippen LogP) is 0.886. The first kappa shape index (κ1) is 15.2. The van der Waals surface area contributed by atoms with E-state index in [0.717, 1.165) is 16.9 Å². The Labute approximate surface area is 123 Å². The molecule has 0 aliphatic heterocycles. The van der Waals surface area contributed by atoms with E-state index in [2.05, 4.69) is 15.3 Å². The molecule has 0 saturated heterocycles. The molecule has 1 N–H and O–H groups in total. The van der Waals surface area contributed by atoms with Crippen molar-refractivity contribution in [1.29, 1.82) is 0 Å². The standard InChI is InChI=1S/C14H21N5O2/c1-10-16-11-5-7-19(9-12(20)18(2)3)13(11)14(17-10)15-6-8-21-4/h5,7H,6,8-9H2,1-4H3,(H,15,16,17). The zero-order valence-corrected chi connectivity index (χ0v) is 12.9. The maximum absolute atomic E-state index is 11.9. The van der Waals surface area contributed by atoms with Crippen molar-refractivity contribution in [2.24, 2.45) is 0 Å². The summed E-state index contributed by atoms with van der Waals surface area (Å²) >= 11 is 0. The number of amides is 1. The van der Waals surface area contributed by atoms with E-state index in [1.54, 1.807) is 26.1 Å². The van der Waals surface area contributed by atoms with Crippen molar-refractivity contribution in [2.75, 3.05) is 39.7 Å². The molecule has 0 radical (unpaired) electrons. The average Bonchev–Trinajstić information content (AvgIpc) is 2.81. The molecule has 7 nitrogen and oxygen atoms in total. The number of likely N-dealkylation sites (N-methyl/N-ethyl adjacent to an activating group) is 1. The SMILES string of the molecule is COCCNc1nc(C)nc2ccn(CC(=O)N(C)C)c12. The topological polar surface area (TPSA) is 72.3 Å². The van der Waals surface area contributed by atoms with Gasteiger partial charge in [-0.15, -0.1) is 0 Å². The van der Waals surface area contributed by atoms with Crippen molar-refractivity contribution < 1.29 is 9.53 Å². The van der Waals surface area contributed by atoms with Gasteiger partial charge in [0.15, 0.2) is 5.82 Å². The smallest absolute Gasteiger partial charge is 0.241 e. The second-order valence-electron chi connectivity index (χ2n) is 5.00. The minimum atomic E-state index is 0.0240. The van der Waals surface area contributed by atoms with E-state index < -0.39 is 0 Å². The van der Waals surface area contributed by atoms with Crippen LogP contribution in [-0.4, -0.2) is 59.7 Å². The first-order valence-corrected chi connectivity index (χ1v) is 6.79. The number of aryl methyl sites for hydroxylation is 1. The number of aromatic nitrogens is 3. The van der Waals surface area contributed by atoms with E-state index in [-0.39, 0.29) is 12.5 Å². The highest BCUT2D eigenvalue weighted by molar-refractivity contribution is 5.88. The molecule has 2 aromatic heterocycles. The molecular formula is C14H21N5O2. The van der Waals surface area contributed by atoms with Crippen LogP contribution in [0.15, 0.2) is 12.3 Å². The van der Waals surface area contributed by atoms with Crippen molar-refractivity contribution in [1.82, 2.24) is 19.4 Å². The molecule has 2 heterocycles. The van der Waals surface area contributed by atoms with Crippen LogP contribution < -0.4 is 5.32 Å². The number of carbonyl (C=O) groups excluding carboxylic acids is 1. The van der Waals surface area contributed by atoms with Crippen molar-refractivity contribution in [3.05, 3.63) is 18.1 Å². The van der Waals surface area contributed by atoms with Crippen LogP contribution in [0.5, 0.6) is 0 Å². The first-order chi connectivity index (χ1) is 10.0. The van der Waals surface area contributed by atoms with Gasteiger partial charge >= 0.3 is 0 Å². The molecule has 7 heteroatoms. The number of nitrogens with zero attached hydrogens (tertiary/aromatic N) is 4. The lowest BCUT2D eigenvalue weighted by Gasteiger charge is -2.13. The van der Waals surface area contributed by atoms with E-state index in [1.165, 1.54) is 0 Å². The highest BCUT2D eigenvalue weighted by atomic mass is 16.5. The molecule has 2 aromatic rings. The van der Waals surface area contributed by atoms with Gasteiger partial charge in [-0.1, -0.05) is 0 Å². The Morgan fingerprint density at radius 2 is 2.19 bits per heavy atom. The van der Waals surface area contributed by atoms with Gasteiger partial charge in [-0.2, -0.15) is 0 Å². The summed E-state index contributed by atoms with van der Waals surface area (Å²) in [5.74, 6) is 1.45. The third-order valence-corrected chi connectivity index (χ3v) is 3.13. The zero-order chi connectivity index (χ0) is 15.4. The summed E-state index contributed by atoms with van der Waals surface area (Å²) in [6.45, 7) is 3.35. The van der Waals surface area contributed by atoms with Gasteiger partial charge < -0.3 is 19.5 Å². The number of nitrogens with one attached hydrogen (secondary N) is 1. The summed E-state index contributed by atoms with van der Waals surface area (Å²) in [6, 6.07) is 1.90. The lowest BCUT2D eigenvalue weighted by molar-refractivity contribution is -0.129. The Morgan fingerprint density at radius 3 is 2.86 bits per heavy atom. The molecule has 114 valence electrons. The molecular weight excluding hydrogens is 270 g/mol. The van der Waals surface area contributed by atoms with E-state index in [4.69, 9.17) is 4.74 Å². The van der Waals surface area contributed by atoms with Gasteiger partial charge in [-0.25, -0.2) is 9.97 Å². The number of hydrogen-bond acceptors (Lipinski definition) is 5. The van der Waals surface area contributed by atoms with Gasteiger partial charge in [0.2, 0.25) is 5.91 Å². The molecule has 0 spiro atoms. The Bertz CT molecular complexity index is 636. The molecule has 0 saturated carbocycles. The molecule has 0 unspecified atom stereocenters. The fourth-order valence-corrected chi connectivity index (χ4v) is 2.04. The summed E-state index contributed by atoms with van der Waals surface area (Å²) in [6.07, 6.45) is 1.86. The molecule has 0 aliphatic carbocycles. The van der Waals surface area contributed by atoms with E-state index in [1.807, 2.05) is 23.8 Å². The fraction of sp³-hybridized carbons (Fsp3) is 0.500. The van der Waals surface area contributed by atoms with Crippen molar-refractivity contribution in [2.45, 2.75) is 13.5 Å². The minimum absolute atomic E-state index is 0.0240. The van der Waals surface area contributed by atoms with Crippen molar-refractivity contribution in [3.8, 4) is 0 Å². The van der Waals surface area contributed by atoms with Crippen molar-refractivity contribution in [3.63, 3.8) is 0 Å². The molecule has 2 rings (SSSR count). The highest BCUT2D eigenvalue weighted by Crippen LogP contribution is 2.21. The normalized spacial score (nSPS) is 10.9. The number of rotatable bonds is 6. The Hall–Kier alpha value is -2.15. The van der Waals surface area contributed by atoms with Crippen LogP contribution in [0, 0.1) is 6.92 Å². The molecule has 0 bridgehead atoms. The molecule has 21 heavy (non-hydrogen) atoms. The minimum Gasteiger partial charge on any atom is -0.383 e. The van der Waals surface area contributed by atoms with Gasteiger partial charge in [0.25, 0.3) is 0 Å². The van der Waals surface area contributed by atoms with E-state index in [0.29, 0.717) is 19.0 Å². The maximum Gasteiger partial charge on any atom is 0.241 e. The van der Waals surface area contributed by atoms with Crippen molar-refractivity contribution >= 4 is 22.8 Å². The maximum atomic E-state index is 11.9. The molecule has 0 aliphatic rings. The van der Waals surface area contributed by atoms with E-state index in [9.17, 15) is 4.79 Å². The molecule has 1 amide bonds. The Kier molecular flexibility index (Phi) is 4.74. The lowest BCUT2D eigenvalue weighted by Crippen LogP contribution is -2.26. The second kappa shape index (κ2) is 6.53. The van der Waals surface area contributed by atoms with Crippen LogP contribution in [-0.2, 0) is 16.1 Å². The van der Waals surface area contributed by atoms with Gasteiger partial charge in [0.1, 0.15) is 17.9 Å². The third kappa shape index (κ3) is 3.49. The quantitative estimate of drug-likeness (QED) is 0.800. The zero-order valence-electron chi connectivity index (χ0n) is 12.9. The summed E-state index contributed by atoms with van der Waals surface area (Å²) in [7, 11) is 5.14. The monoisotopic (exact) mass is 291 g/mol. The number of ether oxygens (including phenoxy) is 1. The van der Waals surface area contributed by atoms with Crippen LogP contribution in [0.25, 0.3) is 11.0 Å². The average molecular weight is 291 g/mol. The summed E-state index contributed by atoms with van der Waals surface area (Å²) in [4.78, 5) is 22.3. The van der Waals surface area contributed by atoms with Crippen LogP contribution in [0.2, 0.25) is 0 Å². The number of anilines is 1. The number of hydrogen-bond donors (Lipinski definition) is 1. The Morgan fingerprint density at radius 1 is 1.43 bits per heavy atom. The van der Waals surface area contributed by atoms with Gasteiger partial charge in [0, 0.05) is 33.9 Å². The summed E-state index contributed by atoms with van der Waals surface area (Å²) in [5, 5.41) is 3.24. The van der Waals surface area contributed by atoms with E-state index >= 15 is 0 Å². The van der Waals surface area contributed by atoms with Crippen LogP contribution in [0.4, 0.5) is 5.82 Å². The van der Waals surface area contributed by atoms with Gasteiger partial charge in [-0.05, 0) is 13.0 Å². The largest absolute Gasteiger partial charge is 0.383 e. The first-order valence-electron chi connectivity index (χ1n) is 6.79. The molecule has 0 atom stereocenters. The number of fused-ring (bicyclic) bond motifs is 1. The number of methoxy groups -OCH3 is 1. The second-order valence-corrected chi connectivity index (χ2v) is 5.00. The fourth-order valence-electron chi connectivity index (χ4n) is 2.04. The third-order valence-electron chi connectivity index (χ3n) is 3.13. The summed E-state index contributed by atoms with van der Waals surface area (Å²) in [5.41, 5.74) is 1.67. The predicted molar refractivity (Wildman–Crippen MR) is 81.3 cm³/mol. The van der Waals surface area contributed by atoms with Crippen LogP contribution in [0.3, 0.4) is 0 Å². The van der Waals surface area contributed by atoms with Crippen LogP contribution >= 0.6 is 0 Å². The number of carbonyl (C=O) groups is 1. The molecule has 0 aromatic carbocycles. The molecule has 0 fully saturated rings. The summed E-state index contributed by atoms with van der Waals surface area (Å²) < 4.78 is 6.91. The van der Waals surface area contributed by atoms with Gasteiger partial charge in [0.05, 0.1) is 12.1 Å².